The van der Waals surface area contributed by atoms with Crippen molar-refractivity contribution >= 4 is 10.9 Å². The van der Waals surface area contributed by atoms with Crippen molar-refractivity contribution in [2.45, 2.75) is 0 Å². The zero-order valence-electron chi connectivity index (χ0n) is 10.9. The van der Waals surface area contributed by atoms with Crippen molar-refractivity contribution in [3.8, 4) is 22.6 Å². The SMILES string of the molecule is COc1c(-c2cccc(O)c2)c2ccccc2[nH]c1=O. The lowest BCUT2D eigenvalue weighted by Crippen LogP contribution is -2.11. The molecule has 3 rings (SSSR count). The van der Waals surface area contributed by atoms with Gasteiger partial charge in [0.15, 0.2) is 5.75 Å². The molecule has 0 saturated heterocycles. The van der Waals surface area contributed by atoms with Crippen LogP contribution in [-0.4, -0.2) is 17.2 Å². The number of aromatic amines is 1. The average molecular weight is 267 g/mol. The van der Waals surface area contributed by atoms with Gasteiger partial charge in [-0.25, -0.2) is 0 Å². The third kappa shape index (κ3) is 1.91. The van der Waals surface area contributed by atoms with Crippen LogP contribution in [0.5, 0.6) is 11.5 Å². The fourth-order valence-corrected chi connectivity index (χ4v) is 2.37. The first-order chi connectivity index (χ1) is 9.70. The highest BCUT2D eigenvalue weighted by Crippen LogP contribution is 2.34. The molecule has 20 heavy (non-hydrogen) atoms. The number of para-hydroxylation sites is 1. The van der Waals surface area contributed by atoms with Crippen molar-refractivity contribution in [2.24, 2.45) is 0 Å². The van der Waals surface area contributed by atoms with E-state index in [-0.39, 0.29) is 17.1 Å². The van der Waals surface area contributed by atoms with Crippen LogP contribution in [-0.2, 0) is 0 Å². The average Bonchev–Trinajstić information content (AvgIpc) is 2.45. The van der Waals surface area contributed by atoms with Crippen molar-refractivity contribution in [1.82, 2.24) is 4.98 Å². The Hall–Kier alpha value is -2.75. The van der Waals surface area contributed by atoms with Crippen LogP contribution in [0.2, 0.25) is 0 Å². The molecule has 1 heterocycles. The molecule has 2 N–H and O–H groups in total. The van der Waals surface area contributed by atoms with E-state index in [1.54, 1.807) is 18.2 Å². The number of phenols is 1. The van der Waals surface area contributed by atoms with Crippen LogP contribution in [0, 0.1) is 0 Å². The standard InChI is InChI=1S/C16H13NO3/c1-20-15-14(10-5-4-6-11(18)9-10)12-7-2-3-8-13(12)17-16(15)19/h2-9,18H,1H3,(H,17,19). The van der Waals surface area contributed by atoms with Gasteiger partial charge in [0.25, 0.3) is 5.56 Å². The quantitative estimate of drug-likeness (QED) is 0.750. The minimum atomic E-state index is -0.287. The summed E-state index contributed by atoms with van der Waals surface area (Å²) in [5, 5.41) is 10.5. The van der Waals surface area contributed by atoms with Gasteiger partial charge in [-0.3, -0.25) is 4.79 Å². The first-order valence-electron chi connectivity index (χ1n) is 6.19. The molecule has 100 valence electrons. The predicted molar refractivity (Wildman–Crippen MR) is 78.2 cm³/mol. The number of benzene rings is 2. The molecule has 0 unspecified atom stereocenters. The summed E-state index contributed by atoms with van der Waals surface area (Å²) in [6.07, 6.45) is 0. The normalized spacial score (nSPS) is 10.7. The van der Waals surface area contributed by atoms with E-state index < -0.39 is 0 Å². The first-order valence-corrected chi connectivity index (χ1v) is 6.19. The summed E-state index contributed by atoms with van der Waals surface area (Å²) in [5.41, 5.74) is 1.87. The molecule has 0 bridgehead atoms. The van der Waals surface area contributed by atoms with E-state index in [2.05, 4.69) is 4.98 Å². The number of aromatic hydroxyl groups is 1. The van der Waals surface area contributed by atoms with E-state index in [9.17, 15) is 9.90 Å². The Labute approximate surface area is 115 Å². The van der Waals surface area contributed by atoms with Gasteiger partial charge in [-0.2, -0.15) is 0 Å². The van der Waals surface area contributed by atoms with E-state index in [0.717, 1.165) is 16.5 Å². The molecule has 1 aromatic heterocycles. The summed E-state index contributed by atoms with van der Waals surface area (Å²) in [4.78, 5) is 14.9. The topological polar surface area (TPSA) is 62.3 Å². The van der Waals surface area contributed by atoms with Gasteiger partial charge in [-0.05, 0) is 23.8 Å². The second kappa shape index (κ2) is 4.74. The molecule has 0 fully saturated rings. The van der Waals surface area contributed by atoms with E-state index in [4.69, 9.17) is 4.74 Å². The Morgan fingerprint density at radius 2 is 1.90 bits per heavy atom. The van der Waals surface area contributed by atoms with Crippen molar-refractivity contribution in [3.63, 3.8) is 0 Å². The number of pyridine rings is 1. The van der Waals surface area contributed by atoms with Crippen LogP contribution >= 0.6 is 0 Å². The smallest absolute Gasteiger partial charge is 0.291 e. The lowest BCUT2D eigenvalue weighted by Gasteiger charge is -2.11. The van der Waals surface area contributed by atoms with Gasteiger partial charge in [-0.1, -0.05) is 30.3 Å². The molecule has 3 aromatic rings. The number of phenolic OH excluding ortho intramolecular Hbond substituents is 1. The number of hydrogen-bond donors (Lipinski definition) is 2. The Balaban J connectivity index is 2.46. The molecule has 4 nitrogen and oxygen atoms in total. The Morgan fingerprint density at radius 3 is 2.65 bits per heavy atom. The summed E-state index contributed by atoms with van der Waals surface area (Å²) in [7, 11) is 1.46. The lowest BCUT2D eigenvalue weighted by atomic mass is 10.00. The van der Waals surface area contributed by atoms with Crippen molar-refractivity contribution in [2.75, 3.05) is 7.11 Å². The number of aromatic nitrogens is 1. The Morgan fingerprint density at radius 1 is 1.10 bits per heavy atom. The zero-order valence-corrected chi connectivity index (χ0v) is 10.9. The number of nitrogens with one attached hydrogen (secondary N) is 1. The summed E-state index contributed by atoms with van der Waals surface area (Å²) >= 11 is 0. The van der Waals surface area contributed by atoms with E-state index >= 15 is 0 Å². The van der Waals surface area contributed by atoms with Crippen molar-refractivity contribution in [3.05, 3.63) is 58.9 Å². The van der Waals surface area contributed by atoms with E-state index in [1.807, 2.05) is 30.3 Å². The van der Waals surface area contributed by atoms with Gasteiger partial charge in [-0.15, -0.1) is 0 Å². The third-order valence-corrected chi connectivity index (χ3v) is 3.22. The van der Waals surface area contributed by atoms with Crippen molar-refractivity contribution < 1.29 is 9.84 Å². The van der Waals surface area contributed by atoms with Crippen molar-refractivity contribution in [1.29, 1.82) is 0 Å². The summed E-state index contributed by atoms with van der Waals surface area (Å²) in [6, 6.07) is 14.3. The minimum Gasteiger partial charge on any atom is -0.508 e. The number of hydrogen-bond acceptors (Lipinski definition) is 3. The molecule has 0 radical (unpaired) electrons. The second-order valence-electron chi connectivity index (χ2n) is 4.46. The van der Waals surface area contributed by atoms with Crippen LogP contribution in [0.15, 0.2) is 53.3 Å². The van der Waals surface area contributed by atoms with Crippen LogP contribution in [0.4, 0.5) is 0 Å². The molecule has 0 aliphatic rings. The Kier molecular flexibility index (Phi) is 2.91. The first kappa shape index (κ1) is 12.3. The maximum atomic E-state index is 12.1. The highest BCUT2D eigenvalue weighted by Gasteiger charge is 2.15. The molecular weight excluding hydrogens is 254 g/mol. The summed E-state index contributed by atoms with van der Waals surface area (Å²) < 4.78 is 5.25. The molecule has 0 atom stereocenters. The van der Waals surface area contributed by atoms with Crippen LogP contribution in [0.1, 0.15) is 0 Å². The lowest BCUT2D eigenvalue weighted by molar-refractivity contribution is 0.411. The number of H-pyrrole nitrogens is 1. The second-order valence-corrected chi connectivity index (χ2v) is 4.46. The van der Waals surface area contributed by atoms with Crippen LogP contribution < -0.4 is 10.3 Å². The van der Waals surface area contributed by atoms with Crippen LogP contribution in [0.25, 0.3) is 22.0 Å². The molecule has 0 spiro atoms. The molecule has 0 saturated carbocycles. The molecular formula is C16H13NO3. The van der Waals surface area contributed by atoms with Gasteiger partial charge >= 0.3 is 0 Å². The maximum absolute atomic E-state index is 12.1. The number of rotatable bonds is 2. The van der Waals surface area contributed by atoms with E-state index in [0.29, 0.717) is 5.56 Å². The van der Waals surface area contributed by atoms with Crippen LogP contribution in [0.3, 0.4) is 0 Å². The summed E-state index contributed by atoms with van der Waals surface area (Å²) in [5.74, 6) is 0.392. The number of methoxy groups -OCH3 is 1. The van der Waals surface area contributed by atoms with E-state index in [1.165, 1.54) is 7.11 Å². The molecule has 0 aliphatic carbocycles. The Bertz CT molecular complexity index is 836. The molecule has 4 heteroatoms. The maximum Gasteiger partial charge on any atom is 0.291 e. The van der Waals surface area contributed by atoms with Gasteiger partial charge in [0.2, 0.25) is 0 Å². The fourth-order valence-electron chi connectivity index (χ4n) is 2.37. The van der Waals surface area contributed by atoms with Gasteiger partial charge in [0.1, 0.15) is 5.75 Å². The zero-order chi connectivity index (χ0) is 14.1. The third-order valence-electron chi connectivity index (χ3n) is 3.22. The fraction of sp³-hybridized carbons (Fsp3) is 0.0625. The minimum absolute atomic E-state index is 0.147. The summed E-state index contributed by atoms with van der Waals surface area (Å²) in [6.45, 7) is 0. The number of fused-ring (bicyclic) bond motifs is 1. The predicted octanol–water partition coefficient (Wildman–Crippen LogP) is 2.91. The highest BCUT2D eigenvalue weighted by atomic mass is 16.5. The monoisotopic (exact) mass is 267 g/mol. The highest BCUT2D eigenvalue weighted by molar-refractivity contribution is 5.97. The van der Waals surface area contributed by atoms with Gasteiger partial charge < -0.3 is 14.8 Å². The number of ether oxygens (including phenoxy) is 1. The molecule has 0 amide bonds. The molecule has 0 aliphatic heterocycles. The van der Waals surface area contributed by atoms with Gasteiger partial charge in [0.05, 0.1) is 7.11 Å². The van der Waals surface area contributed by atoms with Gasteiger partial charge in [0, 0.05) is 16.5 Å². The largest absolute Gasteiger partial charge is 0.508 e. The molecule has 2 aromatic carbocycles.